The van der Waals surface area contributed by atoms with E-state index in [2.05, 4.69) is 0 Å². The fourth-order valence-electron chi connectivity index (χ4n) is 0.787. The lowest BCUT2D eigenvalue weighted by Crippen LogP contribution is -2.05. The molecule has 0 amide bonds. The van der Waals surface area contributed by atoms with Crippen molar-refractivity contribution in [3.63, 3.8) is 0 Å². The van der Waals surface area contributed by atoms with Gasteiger partial charge >= 0.3 is 6.18 Å². The average molecular weight is 214 g/mol. The van der Waals surface area contributed by atoms with Crippen molar-refractivity contribution in [2.24, 2.45) is 0 Å². The van der Waals surface area contributed by atoms with Crippen LogP contribution < -0.4 is 4.64 Å². The summed E-state index contributed by atoms with van der Waals surface area (Å²) in [5, 5.41) is 0. The number of hydrogen-bond acceptors (Lipinski definition) is 1. The molecule has 0 bridgehead atoms. The first-order valence-corrected chi connectivity index (χ1v) is 3.54. The Morgan fingerprint density at radius 3 is 2.31 bits per heavy atom. The lowest BCUT2D eigenvalue weighted by Gasteiger charge is -2.09. The number of anilines is 1. The highest BCUT2D eigenvalue weighted by Crippen LogP contribution is 2.31. The molecule has 1 aromatic rings. The standard InChI is InChI=1S/C7H4ClF4N/c8-13(12)6-3-1-2-5(4-6)7(9,10)11/h1-4H. The Balaban J connectivity index is 3.06. The zero-order chi connectivity index (χ0) is 10.1. The molecule has 0 aliphatic carbocycles. The van der Waals surface area contributed by atoms with E-state index in [-0.39, 0.29) is 5.69 Å². The molecule has 0 radical (unpaired) electrons. The van der Waals surface area contributed by atoms with E-state index in [0.29, 0.717) is 6.07 Å². The quantitative estimate of drug-likeness (QED) is 0.509. The minimum atomic E-state index is -4.48. The van der Waals surface area contributed by atoms with Crippen molar-refractivity contribution >= 4 is 17.5 Å². The molecule has 0 unspecified atom stereocenters. The maximum atomic E-state index is 12.2. The van der Waals surface area contributed by atoms with E-state index in [0.717, 1.165) is 18.2 Å². The minimum Gasteiger partial charge on any atom is -0.166 e. The molecular weight excluding hydrogens is 210 g/mol. The summed E-state index contributed by atoms with van der Waals surface area (Å²) >= 11 is 4.82. The Morgan fingerprint density at radius 1 is 1.23 bits per heavy atom. The van der Waals surface area contributed by atoms with Crippen molar-refractivity contribution in [2.45, 2.75) is 6.18 Å². The number of nitrogens with zero attached hydrogens (tertiary/aromatic N) is 1. The molecule has 1 rings (SSSR count). The molecule has 0 saturated carbocycles. The average Bonchev–Trinajstić information content (AvgIpc) is 2.03. The summed E-state index contributed by atoms with van der Waals surface area (Å²) in [7, 11) is 0. The number of hydrogen-bond donors (Lipinski definition) is 0. The van der Waals surface area contributed by atoms with Gasteiger partial charge in [0.15, 0.2) is 0 Å². The maximum Gasteiger partial charge on any atom is 0.416 e. The summed E-state index contributed by atoms with van der Waals surface area (Å²) in [5.74, 6) is 0. The van der Waals surface area contributed by atoms with E-state index in [1.54, 1.807) is 0 Å². The van der Waals surface area contributed by atoms with Gasteiger partial charge < -0.3 is 0 Å². The van der Waals surface area contributed by atoms with Crippen molar-refractivity contribution in [3.05, 3.63) is 29.8 Å². The molecule has 1 nitrogen and oxygen atoms in total. The van der Waals surface area contributed by atoms with Crippen LogP contribution in [-0.2, 0) is 6.18 Å². The van der Waals surface area contributed by atoms with Crippen LogP contribution in [0.5, 0.6) is 0 Å². The van der Waals surface area contributed by atoms with Gasteiger partial charge in [-0.05, 0) is 18.2 Å². The second-order valence-electron chi connectivity index (χ2n) is 2.28. The van der Waals surface area contributed by atoms with E-state index in [9.17, 15) is 17.7 Å². The van der Waals surface area contributed by atoms with Crippen LogP contribution >= 0.6 is 11.8 Å². The van der Waals surface area contributed by atoms with Gasteiger partial charge in [-0.25, -0.2) is 0 Å². The Labute approximate surface area is 76.6 Å². The molecule has 0 aliphatic rings. The second-order valence-corrected chi connectivity index (χ2v) is 2.58. The Morgan fingerprint density at radius 2 is 1.85 bits per heavy atom. The zero-order valence-electron chi connectivity index (χ0n) is 6.15. The number of rotatable bonds is 1. The number of halogens is 5. The normalized spacial score (nSPS) is 11.5. The van der Waals surface area contributed by atoms with E-state index in [1.807, 2.05) is 0 Å². The highest BCUT2D eigenvalue weighted by atomic mass is 35.5. The first-order chi connectivity index (χ1) is 5.91. The summed E-state index contributed by atoms with van der Waals surface area (Å²) in [6, 6.07) is 3.66. The van der Waals surface area contributed by atoms with Gasteiger partial charge in [-0.15, -0.1) is 4.64 Å². The largest absolute Gasteiger partial charge is 0.416 e. The van der Waals surface area contributed by atoms with Crippen LogP contribution in [0.25, 0.3) is 0 Å². The van der Waals surface area contributed by atoms with Gasteiger partial charge in [-0.2, -0.15) is 13.2 Å². The van der Waals surface area contributed by atoms with E-state index in [4.69, 9.17) is 11.8 Å². The molecular formula is C7H4ClF4N. The highest BCUT2D eigenvalue weighted by Gasteiger charge is 2.30. The van der Waals surface area contributed by atoms with Gasteiger partial charge in [0, 0.05) is 11.8 Å². The van der Waals surface area contributed by atoms with Crippen LogP contribution in [0.15, 0.2) is 24.3 Å². The van der Waals surface area contributed by atoms with Gasteiger partial charge in [-0.1, -0.05) is 10.5 Å². The van der Waals surface area contributed by atoms with Gasteiger partial charge in [0.2, 0.25) is 0 Å². The molecule has 0 spiro atoms. The predicted octanol–water partition coefficient (Wildman–Crippen LogP) is 3.55. The van der Waals surface area contributed by atoms with Crippen molar-refractivity contribution in [1.82, 2.24) is 0 Å². The van der Waals surface area contributed by atoms with Gasteiger partial charge in [-0.3, -0.25) is 0 Å². The van der Waals surface area contributed by atoms with Crippen molar-refractivity contribution < 1.29 is 17.7 Å². The van der Waals surface area contributed by atoms with Crippen LogP contribution in [-0.4, -0.2) is 0 Å². The minimum absolute atomic E-state index is 0.350. The van der Waals surface area contributed by atoms with Gasteiger partial charge in [0.1, 0.15) is 0 Å². The Hall–Kier alpha value is -0.970. The third kappa shape index (κ3) is 2.48. The molecule has 1 aromatic carbocycles. The molecule has 72 valence electrons. The summed E-state index contributed by atoms with van der Waals surface area (Å²) in [5.41, 5.74) is -1.29. The second kappa shape index (κ2) is 3.41. The highest BCUT2D eigenvalue weighted by molar-refractivity contribution is 6.24. The van der Waals surface area contributed by atoms with Crippen LogP contribution in [0.3, 0.4) is 0 Å². The van der Waals surface area contributed by atoms with Crippen molar-refractivity contribution in [2.75, 3.05) is 4.64 Å². The fourth-order valence-corrected chi connectivity index (χ4v) is 0.893. The molecule has 13 heavy (non-hydrogen) atoms. The molecule has 0 heterocycles. The third-order valence-corrected chi connectivity index (χ3v) is 1.56. The van der Waals surface area contributed by atoms with Crippen molar-refractivity contribution in [1.29, 1.82) is 0 Å². The summed E-state index contributed by atoms with van der Waals surface area (Å²) in [6.45, 7) is 0. The molecule has 0 aromatic heterocycles. The SMILES string of the molecule is FN(Cl)c1cccc(C(F)(F)F)c1. The predicted molar refractivity (Wildman–Crippen MR) is 40.9 cm³/mol. The van der Waals surface area contributed by atoms with Crippen LogP contribution in [0.4, 0.5) is 23.3 Å². The summed E-state index contributed by atoms with van der Waals surface area (Å²) in [4.78, 5) is 0. The Kier molecular flexibility index (Phi) is 2.66. The molecule has 0 saturated heterocycles. The zero-order valence-corrected chi connectivity index (χ0v) is 6.90. The van der Waals surface area contributed by atoms with Crippen molar-refractivity contribution in [3.8, 4) is 0 Å². The maximum absolute atomic E-state index is 12.2. The van der Waals surface area contributed by atoms with Crippen LogP contribution in [0.2, 0.25) is 0 Å². The lowest BCUT2D eigenvalue weighted by molar-refractivity contribution is -0.137. The number of benzene rings is 1. The van der Waals surface area contributed by atoms with E-state index >= 15 is 0 Å². The molecule has 0 fully saturated rings. The van der Waals surface area contributed by atoms with Gasteiger partial charge in [0.25, 0.3) is 0 Å². The lowest BCUT2D eigenvalue weighted by atomic mass is 10.2. The third-order valence-electron chi connectivity index (χ3n) is 1.37. The summed E-state index contributed by atoms with van der Waals surface area (Å²) < 4.78 is 48.0. The monoisotopic (exact) mass is 213 g/mol. The van der Waals surface area contributed by atoms with E-state index < -0.39 is 16.4 Å². The van der Waals surface area contributed by atoms with Crippen LogP contribution in [0.1, 0.15) is 5.56 Å². The van der Waals surface area contributed by atoms with Gasteiger partial charge in [0.05, 0.1) is 11.3 Å². The van der Waals surface area contributed by atoms with E-state index in [1.165, 1.54) is 0 Å². The summed E-state index contributed by atoms with van der Waals surface area (Å²) in [6.07, 6.45) is -4.48. The topological polar surface area (TPSA) is 3.24 Å². The molecule has 0 atom stereocenters. The van der Waals surface area contributed by atoms with Crippen LogP contribution in [0, 0.1) is 0 Å². The first-order valence-electron chi connectivity index (χ1n) is 3.20. The fraction of sp³-hybridized carbons (Fsp3) is 0.143. The smallest absolute Gasteiger partial charge is 0.166 e. The molecule has 6 heteroatoms. The number of alkyl halides is 3. The molecule has 0 N–H and O–H groups in total. The molecule has 0 aliphatic heterocycles. The Bertz CT molecular complexity index is 297. The first kappa shape index (κ1) is 10.1.